The molecule has 0 aromatic carbocycles. The second kappa shape index (κ2) is 7.47. The smallest absolute Gasteiger partial charge is 0.157 e. The minimum Gasteiger partial charge on any atom is -0.488 e. The van der Waals surface area contributed by atoms with Crippen LogP contribution in [0.1, 0.15) is 19.3 Å². The summed E-state index contributed by atoms with van der Waals surface area (Å²) >= 11 is 7.86. The van der Waals surface area contributed by atoms with Crippen LogP contribution in [-0.2, 0) is 9.47 Å². The number of nitrogens with zero attached hydrogens (tertiary/aromatic N) is 1. The fourth-order valence-corrected chi connectivity index (χ4v) is 2.57. The Morgan fingerprint density at radius 1 is 1.39 bits per heavy atom. The third-order valence-corrected chi connectivity index (χ3v) is 3.55. The van der Waals surface area contributed by atoms with Crippen LogP contribution in [0, 0.1) is 3.70 Å². The SMILES string of the molecule is Clc1ccc(OCCOC2CCCCO2)c(I)n1. The van der Waals surface area contributed by atoms with Gasteiger partial charge in [0.25, 0.3) is 0 Å². The maximum Gasteiger partial charge on any atom is 0.157 e. The van der Waals surface area contributed by atoms with Crippen molar-refractivity contribution in [1.29, 1.82) is 0 Å². The second-order valence-electron chi connectivity index (χ2n) is 3.94. The highest BCUT2D eigenvalue weighted by atomic mass is 127. The molecule has 0 aliphatic carbocycles. The van der Waals surface area contributed by atoms with E-state index in [-0.39, 0.29) is 6.29 Å². The molecule has 1 aromatic heterocycles. The van der Waals surface area contributed by atoms with Crippen LogP contribution in [-0.4, -0.2) is 31.1 Å². The molecule has 18 heavy (non-hydrogen) atoms. The molecule has 1 unspecified atom stereocenters. The quantitative estimate of drug-likeness (QED) is 0.445. The Bertz CT molecular complexity index is 386. The van der Waals surface area contributed by atoms with E-state index in [9.17, 15) is 0 Å². The molecular weight excluding hydrogens is 368 g/mol. The summed E-state index contributed by atoms with van der Waals surface area (Å²) in [5.41, 5.74) is 0. The molecule has 0 N–H and O–H groups in total. The van der Waals surface area contributed by atoms with Crippen LogP contribution in [0.15, 0.2) is 12.1 Å². The lowest BCUT2D eigenvalue weighted by Gasteiger charge is -2.22. The molecule has 1 saturated heterocycles. The monoisotopic (exact) mass is 383 g/mol. The summed E-state index contributed by atoms with van der Waals surface area (Å²) in [4.78, 5) is 4.10. The Hall–Kier alpha value is -0.110. The van der Waals surface area contributed by atoms with Gasteiger partial charge in [0.15, 0.2) is 12.0 Å². The lowest BCUT2D eigenvalue weighted by Crippen LogP contribution is -2.24. The molecule has 0 saturated carbocycles. The number of pyridine rings is 1. The maximum absolute atomic E-state index is 5.77. The van der Waals surface area contributed by atoms with Gasteiger partial charge in [-0.15, -0.1) is 0 Å². The fourth-order valence-electron chi connectivity index (χ4n) is 1.68. The highest BCUT2D eigenvalue weighted by Gasteiger charge is 2.13. The van der Waals surface area contributed by atoms with Crippen LogP contribution < -0.4 is 4.74 Å². The van der Waals surface area contributed by atoms with Gasteiger partial charge < -0.3 is 14.2 Å². The third kappa shape index (κ3) is 4.53. The molecule has 0 spiro atoms. The van der Waals surface area contributed by atoms with E-state index in [4.69, 9.17) is 25.8 Å². The number of halogens is 2. The molecule has 4 nitrogen and oxygen atoms in total. The molecule has 1 aromatic rings. The van der Waals surface area contributed by atoms with Gasteiger partial charge in [0.2, 0.25) is 0 Å². The van der Waals surface area contributed by atoms with Crippen molar-refractivity contribution >= 4 is 34.2 Å². The highest BCUT2D eigenvalue weighted by Crippen LogP contribution is 2.21. The third-order valence-electron chi connectivity index (χ3n) is 2.56. The standard InChI is InChI=1S/C12H15ClINO3/c13-10-5-4-9(12(14)15-10)16-7-8-18-11-3-1-2-6-17-11/h4-5,11H,1-3,6-8H2. The van der Waals surface area contributed by atoms with E-state index in [0.29, 0.717) is 18.4 Å². The van der Waals surface area contributed by atoms with Gasteiger partial charge in [-0.25, -0.2) is 4.98 Å². The molecule has 100 valence electrons. The fraction of sp³-hybridized carbons (Fsp3) is 0.583. The Kier molecular flexibility index (Phi) is 5.94. The van der Waals surface area contributed by atoms with Crippen molar-refractivity contribution in [3.05, 3.63) is 21.0 Å². The molecule has 6 heteroatoms. The molecule has 1 aliphatic rings. The van der Waals surface area contributed by atoms with Gasteiger partial charge in [-0.1, -0.05) is 11.6 Å². The minimum absolute atomic E-state index is 0.0650. The van der Waals surface area contributed by atoms with Crippen molar-refractivity contribution in [2.24, 2.45) is 0 Å². The Balaban J connectivity index is 1.68. The molecule has 2 heterocycles. The molecule has 1 atom stereocenters. The zero-order valence-corrected chi connectivity index (χ0v) is 12.8. The number of aromatic nitrogens is 1. The van der Waals surface area contributed by atoms with E-state index in [1.165, 1.54) is 6.42 Å². The van der Waals surface area contributed by atoms with Gasteiger partial charge in [-0.2, -0.15) is 0 Å². The van der Waals surface area contributed by atoms with E-state index in [2.05, 4.69) is 27.6 Å². The van der Waals surface area contributed by atoms with Crippen LogP contribution >= 0.6 is 34.2 Å². The van der Waals surface area contributed by atoms with Gasteiger partial charge in [0, 0.05) is 6.61 Å². The van der Waals surface area contributed by atoms with Crippen LogP contribution in [0.4, 0.5) is 0 Å². The van der Waals surface area contributed by atoms with E-state index >= 15 is 0 Å². The summed E-state index contributed by atoms with van der Waals surface area (Å²) in [5, 5.41) is 0.471. The van der Waals surface area contributed by atoms with Crippen LogP contribution in [0.3, 0.4) is 0 Å². The predicted octanol–water partition coefficient (Wildman–Crippen LogP) is 3.26. The van der Waals surface area contributed by atoms with E-state index in [0.717, 1.165) is 28.9 Å². The Morgan fingerprint density at radius 3 is 3.00 bits per heavy atom. The van der Waals surface area contributed by atoms with E-state index in [1.54, 1.807) is 6.07 Å². The number of hydrogen-bond donors (Lipinski definition) is 0. The van der Waals surface area contributed by atoms with Gasteiger partial charge in [-0.3, -0.25) is 0 Å². The Labute approximate surface area is 125 Å². The van der Waals surface area contributed by atoms with E-state index < -0.39 is 0 Å². The number of hydrogen-bond acceptors (Lipinski definition) is 4. The normalized spacial score (nSPS) is 19.8. The van der Waals surface area contributed by atoms with Crippen LogP contribution in [0.5, 0.6) is 5.75 Å². The van der Waals surface area contributed by atoms with Gasteiger partial charge in [0.1, 0.15) is 15.5 Å². The summed E-state index contributed by atoms with van der Waals surface area (Å²) in [7, 11) is 0. The average molecular weight is 384 g/mol. The largest absolute Gasteiger partial charge is 0.488 e. The zero-order valence-electron chi connectivity index (χ0n) is 9.90. The lowest BCUT2D eigenvalue weighted by molar-refractivity contribution is -0.165. The van der Waals surface area contributed by atoms with Crippen molar-refractivity contribution in [1.82, 2.24) is 4.98 Å². The molecule has 0 amide bonds. The van der Waals surface area contributed by atoms with Crippen molar-refractivity contribution in [2.75, 3.05) is 19.8 Å². The summed E-state index contributed by atoms with van der Waals surface area (Å²) in [6.45, 7) is 1.80. The molecule has 1 fully saturated rings. The summed E-state index contributed by atoms with van der Waals surface area (Å²) in [6.07, 6.45) is 3.21. The first-order chi connectivity index (χ1) is 8.75. The molecule has 0 bridgehead atoms. The van der Waals surface area contributed by atoms with Gasteiger partial charge in [0.05, 0.1) is 6.61 Å². The van der Waals surface area contributed by atoms with Crippen LogP contribution in [0.25, 0.3) is 0 Å². The minimum atomic E-state index is -0.0650. The molecular formula is C12H15ClINO3. The molecule has 0 radical (unpaired) electrons. The first-order valence-corrected chi connectivity index (χ1v) is 7.39. The van der Waals surface area contributed by atoms with Crippen molar-refractivity contribution < 1.29 is 14.2 Å². The summed E-state index contributed by atoms with van der Waals surface area (Å²) in [6, 6.07) is 3.53. The van der Waals surface area contributed by atoms with Gasteiger partial charge >= 0.3 is 0 Å². The topological polar surface area (TPSA) is 40.6 Å². The highest BCUT2D eigenvalue weighted by molar-refractivity contribution is 14.1. The summed E-state index contributed by atoms with van der Waals surface area (Å²) in [5.74, 6) is 0.730. The molecule has 2 rings (SSSR count). The number of rotatable bonds is 5. The average Bonchev–Trinajstić information content (AvgIpc) is 2.38. The number of ether oxygens (including phenoxy) is 3. The summed E-state index contributed by atoms with van der Waals surface area (Å²) < 4.78 is 17.4. The first-order valence-electron chi connectivity index (χ1n) is 5.94. The van der Waals surface area contributed by atoms with Crippen LogP contribution in [0.2, 0.25) is 5.15 Å². The Morgan fingerprint density at radius 2 is 2.28 bits per heavy atom. The first kappa shape index (κ1) is 14.3. The molecule has 1 aliphatic heterocycles. The second-order valence-corrected chi connectivity index (χ2v) is 5.35. The maximum atomic E-state index is 5.77. The van der Waals surface area contributed by atoms with Crippen molar-refractivity contribution in [3.63, 3.8) is 0 Å². The van der Waals surface area contributed by atoms with Crippen molar-refractivity contribution in [2.45, 2.75) is 25.6 Å². The zero-order chi connectivity index (χ0) is 12.8. The van der Waals surface area contributed by atoms with Gasteiger partial charge in [-0.05, 0) is 54.0 Å². The van der Waals surface area contributed by atoms with E-state index in [1.807, 2.05) is 6.07 Å². The van der Waals surface area contributed by atoms with Crippen molar-refractivity contribution in [3.8, 4) is 5.75 Å². The predicted molar refractivity (Wildman–Crippen MR) is 77.0 cm³/mol. The lowest BCUT2D eigenvalue weighted by atomic mass is 10.2.